The summed E-state index contributed by atoms with van der Waals surface area (Å²) in [6, 6.07) is 6.56. The number of rotatable bonds is 4. The Bertz CT molecular complexity index is 1150. The van der Waals surface area contributed by atoms with Gasteiger partial charge in [0, 0.05) is 24.0 Å². The molecular formula is C22H23N3O3S2. The SMILES string of the molecule is O=C(CSc1nc2scc(-c3ccc4c(c3)CCCC4)c2c(=O)[nH]1)N1CCOCC1. The van der Waals surface area contributed by atoms with Crippen molar-refractivity contribution in [3.63, 3.8) is 0 Å². The molecule has 156 valence electrons. The van der Waals surface area contributed by atoms with Crippen LogP contribution < -0.4 is 5.56 Å². The zero-order valence-corrected chi connectivity index (χ0v) is 18.2. The number of hydrogen-bond acceptors (Lipinski definition) is 6. The molecule has 0 unspecified atom stereocenters. The molecule has 6 nitrogen and oxygen atoms in total. The van der Waals surface area contributed by atoms with Gasteiger partial charge in [0.15, 0.2) is 5.16 Å². The van der Waals surface area contributed by atoms with Gasteiger partial charge in [-0.15, -0.1) is 11.3 Å². The summed E-state index contributed by atoms with van der Waals surface area (Å²) in [4.78, 5) is 35.2. The number of fused-ring (bicyclic) bond motifs is 2. The fourth-order valence-corrected chi connectivity index (χ4v) is 5.91. The molecular weight excluding hydrogens is 418 g/mol. The van der Waals surface area contributed by atoms with E-state index in [9.17, 15) is 9.59 Å². The summed E-state index contributed by atoms with van der Waals surface area (Å²) >= 11 is 2.76. The van der Waals surface area contributed by atoms with Crippen LogP contribution in [0.25, 0.3) is 21.3 Å². The molecule has 3 aromatic rings. The van der Waals surface area contributed by atoms with Crippen molar-refractivity contribution in [2.24, 2.45) is 0 Å². The lowest BCUT2D eigenvalue weighted by Crippen LogP contribution is -2.41. The lowest BCUT2D eigenvalue weighted by atomic mass is 9.89. The third-order valence-electron chi connectivity index (χ3n) is 5.78. The van der Waals surface area contributed by atoms with Crippen molar-refractivity contribution in [1.82, 2.24) is 14.9 Å². The number of carbonyl (C=O) groups excluding carboxylic acids is 1. The minimum Gasteiger partial charge on any atom is -0.378 e. The molecule has 1 amide bonds. The highest BCUT2D eigenvalue weighted by molar-refractivity contribution is 7.99. The molecule has 1 aromatic carbocycles. The Hall–Kier alpha value is -2.16. The van der Waals surface area contributed by atoms with Crippen molar-refractivity contribution in [3.8, 4) is 11.1 Å². The Kier molecular flexibility index (Phi) is 5.62. The number of thioether (sulfide) groups is 1. The number of aromatic amines is 1. The van der Waals surface area contributed by atoms with Crippen LogP contribution in [0.3, 0.4) is 0 Å². The van der Waals surface area contributed by atoms with Crippen LogP contribution in [0.1, 0.15) is 24.0 Å². The van der Waals surface area contributed by atoms with Gasteiger partial charge in [0.1, 0.15) is 4.83 Å². The van der Waals surface area contributed by atoms with E-state index in [1.165, 1.54) is 47.1 Å². The van der Waals surface area contributed by atoms with Crippen LogP contribution >= 0.6 is 23.1 Å². The Balaban J connectivity index is 1.38. The molecule has 0 bridgehead atoms. The number of aryl methyl sites for hydroxylation is 2. The zero-order chi connectivity index (χ0) is 20.5. The number of carbonyl (C=O) groups is 1. The van der Waals surface area contributed by atoms with Crippen LogP contribution in [0, 0.1) is 0 Å². The summed E-state index contributed by atoms with van der Waals surface area (Å²) < 4.78 is 5.29. The molecule has 1 aliphatic carbocycles. The van der Waals surface area contributed by atoms with Crippen LogP contribution in [-0.4, -0.2) is 52.8 Å². The number of H-pyrrole nitrogens is 1. The van der Waals surface area contributed by atoms with E-state index in [0.717, 1.165) is 24.0 Å². The van der Waals surface area contributed by atoms with Crippen LogP contribution in [0.5, 0.6) is 0 Å². The van der Waals surface area contributed by atoms with Crippen molar-refractivity contribution in [2.75, 3.05) is 32.1 Å². The van der Waals surface area contributed by atoms with Gasteiger partial charge in [0.05, 0.1) is 24.4 Å². The van der Waals surface area contributed by atoms with Crippen LogP contribution in [0.15, 0.2) is 33.5 Å². The van der Waals surface area contributed by atoms with Gasteiger partial charge < -0.3 is 14.6 Å². The minimum absolute atomic E-state index is 0.0481. The molecule has 30 heavy (non-hydrogen) atoms. The second-order valence-corrected chi connectivity index (χ2v) is 9.50. The first-order valence-corrected chi connectivity index (χ1v) is 12.2. The van der Waals surface area contributed by atoms with E-state index < -0.39 is 0 Å². The molecule has 1 N–H and O–H groups in total. The Morgan fingerprint density at radius 3 is 2.83 bits per heavy atom. The van der Waals surface area contributed by atoms with Gasteiger partial charge >= 0.3 is 0 Å². The lowest BCUT2D eigenvalue weighted by Gasteiger charge is -2.26. The fraction of sp³-hybridized carbons (Fsp3) is 0.409. The van der Waals surface area contributed by atoms with Crippen LogP contribution in [0.2, 0.25) is 0 Å². The molecule has 1 fully saturated rings. The topological polar surface area (TPSA) is 75.3 Å². The summed E-state index contributed by atoms with van der Waals surface area (Å²) in [6.45, 7) is 2.41. The first kappa shape index (κ1) is 19.8. The highest BCUT2D eigenvalue weighted by Crippen LogP contribution is 2.34. The molecule has 2 aromatic heterocycles. The van der Waals surface area contributed by atoms with E-state index in [1.54, 1.807) is 4.90 Å². The monoisotopic (exact) mass is 441 g/mol. The third-order valence-corrected chi connectivity index (χ3v) is 7.51. The molecule has 0 radical (unpaired) electrons. The second-order valence-electron chi connectivity index (χ2n) is 7.67. The van der Waals surface area contributed by atoms with Crippen LogP contribution in [0.4, 0.5) is 0 Å². The number of ether oxygens (including phenoxy) is 1. The van der Waals surface area contributed by atoms with Crippen molar-refractivity contribution >= 4 is 39.2 Å². The van der Waals surface area contributed by atoms with Gasteiger partial charge in [-0.05, 0) is 42.4 Å². The Morgan fingerprint density at radius 1 is 1.20 bits per heavy atom. The molecule has 1 saturated heterocycles. The van der Waals surface area contributed by atoms with E-state index in [0.29, 0.717) is 41.7 Å². The molecule has 5 rings (SSSR count). The molecule has 2 aliphatic rings. The lowest BCUT2D eigenvalue weighted by molar-refractivity contribution is -0.132. The number of hydrogen-bond donors (Lipinski definition) is 1. The van der Waals surface area contributed by atoms with E-state index in [-0.39, 0.29) is 17.2 Å². The second kappa shape index (κ2) is 8.53. The Labute approximate surface area is 182 Å². The maximum atomic E-state index is 12.9. The maximum absolute atomic E-state index is 12.9. The number of nitrogens with zero attached hydrogens (tertiary/aromatic N) is 2. The number of aromatic nitrogens is 2. The molecule has 3 heterocycles. The van der Waals surface area contributed by atoms with E-state index in [4.69, 9.17) is 4.74 Å². The number of amides is 1. The molecule has 1 aliphatic heterocycles. The van der Waals surface area contributed by atoms with Gasteiger partial charge in [0.2, 0.25) is 5.91 Å². The summed E-state index contributed by atoms with van der Waals surface area (Å²) in [7, 11) is 0. The average Bonchev–Trinajstić information content (AvgIpc) is 3.22. The van der Waals surface area contributed by atoms with E-state index in [2.05, 4.69) is 28.2 Å². The Morgan fingerprint density at radius 2 is 2.00 bits per heavy atom. The first-order valence-electron chi connectivity index (χ1n) is 10.3. The fourth-order valence-electron chi connectivity index (χ4n) is 4.15. The average molecular weight is 442 g/mol. The highest BCUT2D eigenvalue weighted by atomic mass is 32.2. The predicted molar refractivity (Wildman–Crippen MR) is 120 cm³/mol. The standard InChI is InChI=1S/C22H23N3O3S2/c26-18(25-7-9-28-10-8-25)13-30-22-23-20(27)19-17(12-29-21(19)24-22)16-6-5-14-3-1-2-4-15(14)11-16/h5-6,11-12H,1-4,7-10,13H2,(H,23,24,27). The highest BCUT2D eigenvalue weighted by Gasteiger charge is 2.19. The summed E-state index contributed by atoms with van der Waals surface area (Å²) in [5.41, 5.74) is 4.71. The number of morpholine rings is 1. The smallest absolute Gasteiger partial charge is 0.260 e. The van der Waals surface area contributed by atoms with Gasteiger partial charge in [-0.1, -0.05) is 30.0 Å². The molecule has 0 saturated carbocycles. The largest absolute Gasteiger partial charge is 0.378 e. The summed E-state index contributed by atoms with van der Waals surface area (Å²) in [5.74, 6) is 0.310. The van der Waals surface area contributed by atoms with Crippen LogP contribution in [-0.2, 0) is 22.4 Å². The summed E-state index contributed by atoms with van der Waals surface area (Å²) in [5, 5.41) is 3.15. The molecule has 8 heteroatoms. The van der Waals surface area contributed by atoms with Crippen molar-refractivity contribution in [2.45, 2.75) is 30.8 Å². The number of thiophene rings is 1. The predicted octanol–water partition coefficient (Wildman–Crippen LogP) is 3.48. The van der Waals surface area contributed by atoms with Crippen molar-refractivity contribution in [1.29, 1.82) is 0 Å². The van der Waals surface area contributed by atoms with Crippen molar-refractivity contribution in [3.05, 3.63) is 45.1 Å². The quantitative estimate of drug-likeness (QED) is 0.496. The van der Waals surface area contributed by atoms with E-state index in [1.807, 2.05) is 5.38 Å². The van der Waals surface area contributed by atoms with Gasteiger partial charge in [-0.25, -0.2) is 4.98 Å². The third kappa shape index (κ3) is 3.91. The molecule has 0 atom stereocenters. The van der Waals surface area contributed by atoms with Gasteiger partial charge in [-0.3, -0.25) is 9.59 Å². The minimum atomic E-state index is -0.143. The van der Waals surface area contributed by atoms with E-state index >= 15 is 0 Å². The van der Waals surface area contributed by atoms with Gasteiger partial charge in [0.25, 0.3) is 5.56 Å². The maximum Gasteiger partial charge on any atom is 0.260 e. The number of nitrogens with one attached hydrogen (secondary N) is 1. The normalized spacial score (nSPS) is 16.6. The number of benzene rings is 1. The summed E-state index contributed by atoms with van der Waals surface area (Å²) in [6.07, 6.45) is 4.74. The molecule has 0 spiro atoms. The zero-order valence-electron chi connectivity index (χ0n) is 16.6. The first-order chi connectivity index (χ1) is 14.7. The van der Waals surface area contributed by atoms with Crippen molar-refractivity contribution < 1.29 is 9.53 Å². The van der Waals surface area contributed by atoms with Gasteiger partial charge in [-0.2, -0.15) is 0 Å².